The molecule has 28 heavy (non-hydrogen) atoms. The second kappa shape index (κ2) is 7.81. The van der Waals surface area contributed by atoms with Crippen molar-refractivity contribution in [1.29, 1.82) is 0 Å². The van der Waals surface area contributed by atoms with Gasteiger partial charge in [-0.25, -0.2) is 8.42 Å². The third-order valence-corrected chi connectivity index (χ3v) is 8.20. The van der Waals surface area contributed by atoms with Crippen LogP contribution in [0.15, 0.2) is 30.6 Å². The molecule has 2 fully saturated rings. The van der Waals surface area contributed by atoms with Crippen LogP contribution in [0, 0.1) is 0 Å². The highest BCUT2D eigenvalue weighted by atomic mass is 32.2. The molecular formula is C19H23N3O4S2. The minimum absolute atomic E-state index is 0.0480. The molecule has 2 aromatic rings. The number of rotatable bonds is 4. The van der Waals surface area contributed by atoms with Gasteiger partial charge in [-0.1, -0.05) is 6.07 Å². The third kappa shape index (κ3) is 3.92. The molecule has 1 atom stereocenters. The molecule has 2 saturated heterocycles. The normalized spacial score (nSPS) is 21.6. The monoisotopic (exact) mass is 421 g/mol. The molecule has 1 amide bonds. The number of thiophene rings is 1. The van der Waals surface area contributed by atoms with Crippen molar-refractivity contribution >= 4 is 32.1 Å². The number of sulfone groups is 1. The fraction of sp³-hybridized carbons (Fsp3) is 0.474. The van der Waals surface area contributed by atoms with Gasteiger partial charge in [0, 0.05) is 49.7 Å². The predicted octanol–water partition coefficient (Wildman–Crippen LogP) is 1.91. The average molecular weight is 422 g/mol. The van der Waals surface area contributed by atoms with Gasteiger partial charge in [0.1, 0.15) is 0 Å². The molecule has 0 spiro atoms. The lowest BCUT2D eigenvalue weighted by Gasteiger charge is -2.28. The van der Waals surface area contributed by atoms with Crippen molar-refractivity contribution in [2.45, 2.75) is 12.5 Å². The van der Waals surface area contributed by atoms with Crippen molar-refractivity contribution in [3.05, 3.63) is 35.5 Å². The van der Waals surface area contributed by atoms with Crippen LogP contribution >= 0.6 is 11.3 Å². The molecule has 0 unspecified atom stereocenters. The molecule has 0 aromatic carbocycles. The van der Waals surface area contributed by atoms with Crippen LogP contribution in [0.2, 0.25) is 0 Å². The summed E-state index contributed by atoms with van der Waals surface area (Å²) in [5.74, 6) is 0.0725. The Hall–Kier alpha value is -1.97. The van der Waals surface area contributed by atoms with E-state index in [1.54, 1.807) is 24.3 Å². The van der Waals surface area contributed by atoms with Gasteiger partial charge in [0.15, 0.2) is 9.84 Å². The van der Waals surface area contributed by atoms with E-state index in [4.69, 9.17) is 4.74 Å². The molecule has 4 rings (SSSR count). The minimum Gasteiger partial charge on any atom is -0.378 e. The molecule has 9 heteroatoms. The fourth-order valence-corrected chi connectivity index (χ4v) is 6.63. The lowest BCUT2D eigenvalue weighted by Crippen LogP contribution is -2.37. The predicted molar refractivity (Wildman–Crippen MR) is 110 cm³/mol. The quantitative estimate of drug-likeness (QED) is 0.750. The van der Waals surface area contributed by atoms with Gasteiger partial charge in [-0.15, -0.1) is 11.3 Å². The summed E-state index contributed by atoms with van der Waals surface area (Å²) in [6.07, 6.45) is 4.03. The molecule has 2 aromatic heterocycles. The van der Waals surface area contributed by atoms with Gasteiger partial charge in [0.2, 0.25) is 0 Å². The molecule has 4 heterocycles. The second-order valence-corrected chi connectivity index (χ2v) is 10.4. The maximum absolute atomic E-state index is 13.1. The molecule has 7 nitrogen and oxygen atoms in total. The summed E-state index contributed by atoms with van der Waals surface area (Å²) in [6.45, 7) is 2.87. The fourth-order valence-electron chi connectivity index (χ4n) is 3.64. The smallest absolute Gasteiger partial charge is 0.264 e. The number of nitrogens with zero attached hydrogens (tertiary/aromatic N) is 3. The topological polar surface area (TPSA) is 79.8 Å². The Bertz CT molecular complexity index is 953. The first kappa shape index (κ1) is 19.4. The van der Waals surface area contributed by atoms with Crippen molar-refractivity contribution in [2.75, 3.05) is 49.8 Å². The summed E-state index contributed by atoms with van der Waals surface area (Å²) >= 11 is 1.46. The van der Waals surface area contributed by atoms with Crippen LogP contribution in [-0.4, -0.2) is 75.1 Å². The SMILES string of the molecule is CN(C(=O)c1cc(-c2cccnc2)c(N2CCOCC2)s1)[C@@H]1CCS(=O)(=O)C1. The number of aromatic nitrogens is 1. The Kier molecular flexibility index (Phi) is 5.39. The number of hydrogen-bond donors (Lipinski definition) is 0. The number of pyridine rings is 1. The third-order valence-electron chi connectivity index (χ3n) is 5.27. The van der Waals surface area contributed by atoms with E-state index in [0.29, 0.717) is 24.5 Å². The first-order chi connectivity index (χ1) is 13.4. The zero-order valence-corrected chi connectivity index (χ0v) is 17.3. The highest BCUT2D eigenvalue weighted by molar-refractivity contribution is 7.91. The number of ether oxygens (including phenoxy) is 1. The number of amides is 1. The summed E-state index contributed by atoms with van der Waals surface area (Å²) in [5.41, 5.74) is 1.95. The van der Waals surface area contributed by atoms with E-state index in [9.17, 15) is 13.2 Å². The highest BCUT2D eigenvalue weighted by Gasteiger charge is 2.34. The van der Waals surface area contributed by atoms with E-state index < -0.39 is 9.84 Å². The molecule has 0 saturated carbocycles. The largest absolute Gasteiger partial charge is 0.378 e. The number of anilines is 1. The van der Waals surface area contributed by atoms with E-state index in [1.165, 1.54) is 11.3 Å². The van der Waals surface area contributed by atoms with Crippen LogP contribution in [0.1, 0.15) is 16.1 Å². The van der Waals surface area contributed by atoms with E-state index >= 15 is 0 Å². The van der Waals surface area contributed by atoms with Crippen LogP contribution in [0.3, 0.4) is 0 Å². The van der Waals surface area contributed by atoms with Crippen LogP contribution in [-0.2, 0) is 14.6 Å². The number of hydrogen-bond acceptors (Lipinski definition) is 7. The molecule has 0 aliphatic carbocycles. The molecule has 0 radical (unpaired) electrons. The minimum atomic E-state index is -3.04. The first-order valence-corrected chi connectivity index (χ1v) is 11.9. The van der Waals surface area contributed by atoms with Crippen molar-refractivity contribution < 1.29 is 17.9 Å². The van der Waals surface area contributed by atoms with E-state index in [0.717, 1.165) is 29.2 Å². The second-order valence-electron chi connectivity index (χ2n) is 7.14. The Balaban J connectivity index is 1.65. The van der Waals surface area contributed by atoms with Gasteiger partial charge < -0.3 is 14.5 Å². The van der Waals surface area contributed by atoms with Crippen LogP contribution < -0.4 is 4.90 Å². The van der Waals surface area contributed by atoms with Gasteiger partial charge in [0.05, 0.1) is 34.6 Å². The van der Waals surface area contributed by atoms with Gasteiger partial charge in [-0.3, -0.25) is 9.78 Å². The number of morpholine rings is 1. The lowest BCUT2D eigenvalue weighted by molar-refractivity contribution is 0.0752. The van der Waals surface area contributed by atoms with Crippen molar-refractivity contribution in [3.8, 4) is 11.1 Å². The van der Waals surface area contributed by atoms with Crippen LogP contribution in [0.4, 0.5) is 5.00 Å². The summed E-state index contributed by atoms with van der Waals surface area (Å²) in [4.78, 5) is 21.8. The van der Waals surface area contributed by atoms with Gasteiger partial charge >= 0.3 is 0 Å². The van der Waals surface area contributed by atoms with E-state index in [1.807, 2.05) is 18.2 Å². The lowest BCUT2D eigenvalue weighted by atomic mass is 10.1. The Morgan fingerprint density at radius 1 is 1.36 bits per heavy atom. The highest BCUT2D eigenvalue weighted by Crippen LogP contribution is 2.39. The maximum Gasteiger partial charge on any atom is 0.264 e. The number of carbonyl (C=O) groups excluding carboxylic acids is 1. The molecular weight excluding hydrogens is 398 g/mol. The van der Waals surface area contributed by atoms with Gasteiger partial charge in [-0.2, -0.15) is 0 Å². The Morgan fingerprint density at radius 3 is 2.79 bits per heavy atom. The average Bonchev–Trinajstić information content (AvgIpc) is 3.32. The molecule has 2 aliphatic heterocycles. The summed E-state index contributed by atoms with van der Waals surface area (Å²) < 4.78 is 29.1. The maximum atomic E-state index is 13.1. The molecule has 0 N–H and O–H groups in total. The summed E-state index contributed by atoms with van der Waals surface area (Å²) in [5, 5.41) is 1.03. The van der Waals surface area contributed by atoms with Crippen molar-refractivity contribution in [1.82, 2.24) is 9.88 Å². The van der Waals surface area contributed by atoms with Gasteiger partial charge in [-0.05, 0) is 18.6 Å². The zero-order valence-electron chi connectivity index (χ0n) is 15.7. The van der Waals surface area contributed by atoms with Crippen molar-refractivity contribution in [2.24, 2.45) is 0 Å². The molecule has 150 valence electrons. The zero-order chi connectivity index (χ0) is 19.7. The van der Waals surface area contributed by atoms with Crippen LogP contribution in [0.5, 0.6) is 0 Å². The Labute approximate surface area is 168 Å². The molecule has 0 bridgehead atoms. The van der Waals surface area contributed by atoms with E-state index in [2.05, 4.69) is 9.88 Å². The summed E-state index contributed by atoms with van der Waals surface area (Å²) in [7, 11) is -1.34. The first-order valence-electron chi connectivity index (χ1n) is 9.29. The van der Waals surface area contributed by atoms with Crippen LogP contribution in [0.25, 0.3) is 11.1 Å². The molecule has 2 aliphatic rings. The number of carbonyl (C=O) groups is 1. The standard InChI is InChI=1S/C19H23N3O4S2/c1-21(15-4-10-28(24,25)13-15)18(23)17-11-16(14-3-2-5-20-12-14)19(27-17)22-6-8-26-9-7-22/h2-3,5,11-12,15H,4,6-10,13H2,1H3/t15-/m1/s1. The van der Waals surface area contributed by atoms with Crippen molar-refractivity contribution in [3.63, 3.8) is 0 Å². The van der Waals surface area contributed by atoms with Gasteiger partial charge in [0.25, 0.3) is 5.91 Å². The van der Waals surface area contributed by atoms with E-state index in [-0.39, 0.29) is 23.5 Å². The summed E-state index contributed by atoms with van der Waals surface area (Å²) in [6, 6.07) is 5.52. The Morgan fingerprint density at radius 2 is 2.14 bits per heavy atom.